The van der Waals surface area contributed by atoms with Crippen LogP contribution in [0.2, 0.25) is 5.02 Å². The van der Waals surface area contributed by atoms with E-state index in [4.69, 9.17) is 20.8 Å². The molecule has 4 atom stereocenters. The molecule has 0 amide bonds. The van der Waals surface area contributed by atoms with Crippen molar-refractivity contribution in [3.05, 3.63) is 117 Å². The minimum atomic E-state index is -4.58. The van der Waals surface area contributed by atoms with Crippen LogP contribution in [-0.2, 0) is 12.6 Å². The summed E-state index contributed by atoms with van der Waals surface area (Å²) >= 11 is 6.34. The van der Waals surface area contributed by atoms with E-state index in [2.05, 4.69) is 35.8 Å². The van der Waals surface area contributed by atoms with Crippen molar-refractivity contribution in [1.29, 1.82) is 0 Å². The number of methoxy groups -OCH3 is 1. The van der Waals surface area contributed by atoms with Gasteiger partial charge >= 0.3 is 6.18 Å². The number of hydrogen-bond acceptors (Lipinski definition) is 7. The molecule has 0 unspecified atom stereocenters. The zero-order chi connectivity index (χ0) is 39.8. The fourth-order valence-electron chi connectivity index (χ4n) is 9.23. The molecule has 2 fully saturated rings. The molecule has 2 heterocycles. The first-order chi connectivity index (χ1) is 26.7. The molecular weight excluding hydrogens is 741 g/mol. The zero-order valence-corrected chi connectivity index (χ0v) is 32.9. The lowest BCUT2D eigenvalue weighted by Crippen LogP contribution is -2.56. The number of benzene rings is 3. The maximum atomic E-state index is 14.6. The van der Waals surface area contributed by atoms with Gasteiger partial charge in [-0.25, -0.2) is 0 Å². The van der Waals surface area contributed by atoms with Crippen LogP contribution in [0.5, 0.6) is 5.75 Å². The fraction of sp³-hybridized carbons (Fsp3) is 0.444. The topological polar surface area (TPSA) is 86.4 Å². The van der Waals surface area contributed by atoms with Gasteiger partial charge < -0.3 is 24.3 Å². The number of rotatable bonds is 7. The molecule has 8 rings (SSSR count). The van der Waals surface area contributed by atoms with Gasteiger partial charge in [0.25, 0.3) is 0 Å². The van der Waals surface area contributed by atoms with Crippen LogP contribution in [0.1, 0.15) is 91.1 Å². The Hall–Kier alpha value is -4.09. The number of carbonyl (C=O) groups is 1. The minimum Gasteiger partial charge on any atom is -0.495 e. The Balaban J connectivity index is 1.22. The monoisotopic (exact) mass is 790 g/mol. The minimum absolute atomic E-state index is 0.0324. The lowest BCUT2D eigenvalue weighted by molar-refractivity contribution is -0.137. The number of ether oxygens (including phenoxy) is 1. The molecular formula is C45H50ClF3N2O5. The van der Waals surface area contributed by atoms with E-state index >= 15 is 0 Å². The van der Waals surface area contributed by atoms with Crippen molar-refractivity contribution in [2.45, 2.75) is 82.6 Å². The summed E-state index contributed by atoms with van der Waals surface area (Å²) in [6.45, 7) is 7.89. The number of nitrogens with zero attached hydrogens (tertiary/aromatic N) is 2. The second-order valence-electron chi connectivity index (χ2n) is 16.1. The number of halogens is 4. The highest BCUT2D eigenvalue weighted by Crippen LogP contribution is 2.59. The van der Waals surface area contributed by atoms with Crippen molar-refractivity contribution in [3.8, 4) is 17.1 Å². The Bertz CT molecular complexity index is 2090. The Kier molecular flexibility index (Phi) is 11.5. The Labute approximate surface area is 331 Å². The summed E-state index contributed by atoms with van der Waals surface area (Å²) in [6.07, 6.45) is 1.31. The maximum Gasteiger partial charge on any atom is 0.416 e. The van der Waals surface area contributed by atoms with Gasteiger partial charge in [0, 0.05) is 49.3 Å². The summed E-state index contributed by atoms with van der Waals surface area (Å²) < 4.78 is 52.4. The first kappa shape index (κ1) is 40.1. The van der Waals surface area contributed by atoms with E-state index in [1.54, 1.807) is 7.11 Å². The third kappa shape index (κ3) is 8.03. The molecule has 3 aliphatic carbocycles. The summed E-state index contributed by atoms with van der Waals surface area (Å²) in [5, 5.41) is 23.9. The van der Waals surface area contributed by atoms with Crippen LogP contribution in [-0.4, -0.2) is 72.4 Å². The average molecular weight is 791 g/mol. The Morgan fingerprint density at radius 1 is 1.00 bits per heavy atom. The average Bonchev–Trinajstić information content (AvgIpc) is 3.76. The van der Waals surface area contributed by atoms with E-state index in [1.807, 2.05) is 36.4 Å². The van der Waals surface area contributed by atoms with E-state index in [0.717, 1.165) is 73.7 Å². The SMILES string of the molecule is COc1ccccc1N1CCN(C[C@]2(O)CC[C@H]3c4ccc(cc4C(=O)c4ccc(-c5cc(C(F)(F)F)ccc5Cl)o4)C[C@@H](O)CCC(C)=CCC[C@@]32C)CC1. The summed E-state index contributed by atoms with van der Waals surface area (Å²) in [6, 6.07) is 19.7. The van der Waals surface area contributed by atoms with Crippen molar-refractivity contribution >= 4 is 23.1 Å². The second kappa shape index (κ2) is 16.0. The maximum absolute atomic E-state index is 14.6. The molecule has 3 aromatic carbocycles. The number of alkyl halides is 3. The number of aliphatic hydroxyl groups is 2. The third-order valence-corrected chi connectivity index (χ3v) is 12.9. The van der Waals surface area contributed by atoms with Crippen molar-refractivity contribution < 1.29 is 37.3 Å². The number of furan rings is 1. The van der Waals surface area contributed by atoms with Crippen LogP contribution in [0.3, 0.4) is 0 Å². The van der Waals surface area contributed by atoms with Crippen molar-refractivity contribution in [2.24, 2.45) is 5.41 Å². The molecule has 0 spiro atoms. The van der Waals surface area contributed by atoms with E-state index in [-0.39, 0.29) is 28.0 Å². The molecule has 4 aromatic rings. The van der Waals surface area contributed by atoms with E-state index in [9.17, 15) is 28.2 Å². The number of para-hydroxylation sites is 2. The highest BCUT2D eigenvalue weighted by molar-refractivity contribution is 6.33. The lowest BCUT2D eigenvalue weighted by Gasteiger charge is -2.47. The molecule has 2 N–H and O–H groups in total. The van der Waals surface area contributed by atoms with Crippen molar-refractivity contribution in [1.82, 2.24) is 4.90 Å². The molecule has 7 nitrogen and oxygen atoms in total. The highest BCUT2D eigenvalue weighted by atomic mass is 35.5. The van der Waals surface area contributed by atoms with E-state index in [1.165, 1.54) is 23.8 Å². The molecule has 56 heavy (non-hydrogen) atoms. The number of β-amino-alcohol motifs (C(OH)–C–C–N with tert-alkyl or cyclic N) is 1. The predicted molar refractivity (Wildman–Crippen MR) is 213 cm³/mol. The third-order valence-electron chi connectivity index (χ3n) is 12.6. The molecule has 11 heteroatoms. The molecule has 0 radical (unpaired) electrons. The van der Waals surface area contributed by atoms with Crippen LogP contribution in [0, 0.1) is 5.41 Å². The number of aliphatic hydroxyl groups excluding tert-OH is 1. The molecule has 1 saturated heterocycles. The van der Waals surface area contributed by atoms with Gasteiger partial charge in [0.15, 0.2) is 5.76 Å². The number of piperazine rings is 1. The second-order valence-corrected chi connectivity index (χ2v) is 16.5. The first-order valence-electron chi connectivity index (χ1n) is 19.5. The lowest BCUT2D eigenvalue weighted by atomic mass is 9.64. The fourth-order valence-corrected chi connectivity index (χ4v) is 9.44. The van der Waals surface area contributed by atoms with Crippen molar-refractivity contribution in [2.75, 3.05) is 44.7 Å². The largest absolute Gasteiger partial charge is 0.495 e. The standard InChI is InChI=1S/C45H50ClF3N2O5/c1-29-7-6-19-43(2)36(18-20-44(43,54)28-50-21-23-51(24-22-50)38-8-4-5-9-40(38)55-3)33-14-11-30(25-32(52)13-10-29)26-34(33)42(53)41-17-16-39(56-41)35-27-31(45(47,48)49)12-15-37(35)46/h4-5,7-9,11-12,14-17,26-27,32,36,52,54H,6,10,13,18-25,28H2,1-3H3/t32-,36-,43-,44+/m0/s1. The number of hydrogen-bond donors (Lipinski definition) is 2. The van der Waals surface area contributed by atoms with Gasteiger partial charge in [-0.05, 0) is 117 Å². The van der Waals surface area contributed by atoms with Gasteiger partial charge in [-0.1, -0.05) is 54.4 Å². The van der Waals surface area contributed by atoms with Crippen LogP contribution in [0.15, 0.2) is 88.9 Å². The Morgan fingerprint density at radius 3 is 2.52 bits per heavy atom. The van der Waals surface area contributed by atoms with Gasteiger partial charge in [0.05, 0.1) is 35.1 Å². The van der Waals surface area contributed by atoms with E-state index < -0.39 is 34.6 Å². The number of carbonyl (C=O) groups excluding carboxylic acids is 1. The van der Waals surface area contributed by atoms with Crippen LogP contribution < -0.4 is 9.64 Å². The number of anilines is 1. The number of ketones is 1. The molecule has 1 aliphatic heterocycles. The Morgan fingerprint density at radius 2 is 1.77 bits per heavy atom. The predicted octanol–water partition coefficient (Wildman–Crippen LogP) is 9.72. The summed E-state index contributed by atoms with van der Waals surface area (Å²) in [5.41, 5.74) is 1.73. The first-order valence-corrected chi connectivity index (χ1v) is 19.9. The normalized spacial score (nSPS) is 25.1. The van der Waals surface area contributed by atoms with Gasteiger partial charge in [-0.15, -0.1) is 0 Å². The molecule has 2 bridgehead atoms. The van der Waals surface area contributed by atoms with Gasteiger partial charge in [0.2, 0.25) is 5.78 Å². The summed E-state index contributed by atoms with van der Waals surface area (Å²) in [7, 11) is 1.68. The molecule has 298 valence electrons. The van der Waals surface area contributed by atoms with Crippen LogP contribution >= 0.6 is 11.6 Å². The molecule has 4 aliphatic rings. The number of fused-ring (bicyclic) bond motifs is 8. The summed E-state index contributed by atoms with van der Waals surface area (Å²) in [4.78, 5) is 19.3. The van der Waals surface area contributed by atoms with Crippen molar-refractivity contribution in [3.63, 3.8) is 0 Å². The van der Waals surface area contributed by atoms with E-state index in [0.29, 0.717) is 44.2 Å². The quantitative estimate of drug-likeness (QED) is 0.143. The zero-order valence-electron chi connectivity index (χ0n) is 32.2. The van der Waals surface area contributed by atoms with Gasteiger partial charge in [-0.2, -0.15) is 13.2 Å². The highest BCUT2D eigenvalue weighted by Gasteiger charge is 2.57. The summed E-state index contributed by atoms with van der Waals surface area (Å²) in [5.74, 6) is 0.246. The van der Waals surface area contributed by atoms with Gasteiger partial charge in [0.1, 0.15) is 11.5 Å². The molecule has 1 saturated carbocycles. The van der Waals surface area contributed by atoms with Crippen LogP contribution in [0.4, 0.5) is 18.9 Å². The molecule has 1 aromatic heterocycles. The van der Waals surface area contributed by atoms with Gasteiger partial charge in [-0.3, -0.25) is 9.69 Å². The van der Waals surface area contributed by atoms with Crippen LogP contribution in [0.25, 0.3) is 11.3 Å². The smallest absolute Gasteiger partial charge is 0.416 e. The number of allylic oxidation sites excluding steroid dienone is 2.